The normalized spacial score (nSPS) is 10.2. The molecule has 17 heavy (non-hydrogen) atoms. The minimum atomic E-state index is -0.0687. The number of pyridine rings is 1. The lowest BCUT2D eigenvalue weighted by molar-refractivity contribution is 0.566. The van der Waals surface area contributed by atoms with E-state index >= 15 is 0 Å². The van der Waals surface area contributed by atoms with Gasteiger partial charge in [0.05, 0.1) is 0 Å². The average Bonchev–Trinajstić information content (AvgIpc) is 2.78. The van der Waals surface area contributed by atoms with E-state index < -0.39 is 0 Å². The van der Waals surface area contributed by atoms with E-state index in [1.807, 2.05) is 26.0 Å². The molecule has 4 heteroatoms. The van der Waals surface area contributed by atoms with Crippen LogP contribution in [0.1, 0.15) is 23.9 Å². The highest BCUT2D eigenvalue weighted by molar-refractivity contribution is 5.61. The van der Waals surface area contributed by atoms with Crippen molar-refractivity contribution >= 4 is 0 Å². The molecule has 0 amide bonds. The summed E-state index contributed by atoms with van der Waals surface area (Å²) < 4.78 is 5.36. The third kappa shape index (κ3) is 2.00. The highest BCUT2D eigenvalue weighted by atomic mass is 16.3. The molecule has 1 N–H and O–H groups in total. The Bertz CT molecular complexity index is 644. The van der Waals surface area contributed by atoms with Crippen molar-refractivity contribution in [2.75, 3.05) is 0 Å². The summed E-state index contributed by atoms with van der Waals surface area (Å²) in [6.07, 6.45) is 0.661. The van der Waals surface area contributed by atoms with Crippen molar-refractivity contribution in [1.82, 2.24) is 4.98 Å². The van der Waals surface area contributed by atoms with Gasteiger partial charge in [0.1, 0.15) is 11.8 Å². The molecule has 0 fully saturated rings. The maximum atomic E-state index is 11.6. The van der Waals surface area contributed by atoms with Crippen LogP contribution in [0.3, 0.4) is 0 Å². The molecular formula is C13H12N2O2. The minimum absolute atomic E-state index is 0.0687. The number of hydrogen-bond donors (Lipinski definition) is 1. The molecule has 0 spiro atoms. The van der Waals surface area contributed by atoms with Crippen LogP contribution in [0.15, 0.2) is 27.4 Å². The van der Waals surface area contributed by atoms with Gasteiger partial charge < -0.3 is 9.40 Å². The largest absolute Gasteiger partial charge is 0.446 e. The molecule has 0 aromatic carbocycles. The fourth-order valence-electron chi connectivity index (χ4n) is 1.73. The zero-order valence-electron chi connectivity index (χ0n) is 9.70. The first-order chi connectivity index (χ1) is 8.15. The van der Waals surface area contributed by atoms with Gasteiger partial charge in [-0.3, -0.25) is 4.79 Å². The molecule has 0 aliphatic heterocycles. The summed E-state index contributed by atoms with van der Waals surface area (Å²) in [4.78, 5) is 14.4. The number of hydrogen-bond acceptors (Lipinski definition) is 3. The highest BCUT2D eigenvalue weighted by Crippen LogP contribution is 2.24. The second-order valence-corrected chi connectivity index (χ2v) is 3.79. The Balaban J connectivity index is 2.59. The van der Waals surface area contributed by atoms with Crippen LogP contribution < -0.4 is 5.56 Å². The van der Waals surface area contributed by atoms with E-state index in [1.165, 1.54) is 0 Å². The molecule has 0 bridgehead atoms. The fraction of sp³-hybridized carbons (Fsp3) is 0.231. The summed E-state index contributed by atoms with van der Waals surface area (Å²) in [6.45, 7) is 3.73. The maximum Gasteiger partial charge on any atom is 0.251 e. The summed E-state index contributed by atoms with van der Waals surface area (Å²) in [7, 11) is 0. The summed E-state index contributed by atoms with van der Waals surface area (Å²) in [5.41, 5.74) is 2.20. The van der Waals surface area contributed by atoms with Crippen LogP contribution in [-0.2, 0) is 6.42 Å². The molecule has 2 aromatic rings. The molecule has 0 radical (unpaired) electrons. The van der Waals surface area contributed by atoms with Crippen LogP contribution in [0, 0.1) is 18.3 Å². The molecule has 2 rings (SSSR count). The fourth-order valence-corrected chi connectivity index (χ4v) is 1.73. The van der Waals surface area contributed by atoms with Gasteiger partial charge in [-0.2, -0.15) is 5.26 Å². The Morgan fingerprint density at radius 1 is 1.47 bits per heavy atom. The van der Waals surface area contributed by atoms with E-state index in [4.69, 9.17) is 9.68 Å². The van der Waals surface area contributed by atoms with Crippen molar-refractivity contribution in [2.24, 2.45) is 0 Å². The van der Waals surface area contributed by atoms with E-state index in [0.29, 0.717) is 17.7 Å². The summed E-state index contributed by atoms with van der Waals surface area (Å²) in [6, 6.07) is 7.10. The number of aromatic nitrogens is 1. The van der Waals surface area contributed by atoms with E-state index in [9.17, 15) is 4.79 Å². The van der Waals surface area contributed by atoms with Gasteiger partial charge in [-0.05, 0) is 31.5 Å². The second-order valence-electron chi connectivity index (χ2n) is 3.79. The first-order valence-corrected chi connectivity index (χ1v) is 5.38. The van der Waals surface area contributed by atoms with Crippen LogP contribution in [-0.4, -0.2) is 4.98 Å². The molecule has 0 atom stereocenters. The monoisotopic (exact) mass is 228 g/mol. The van der Waals surface area contributed by atoms with E-state index in [-0.39, 0.29) is 11.3 Å². The van der Waals surface area contributed by atoms with Crippen molar-refractivity contribution in [3.8, 4) is 17.4 Å². The number of furan rings is 1. The van der Waals surface area contributed by atoms with Crippen molar-refractivity contribution in [1.29, 1.82) is 5.26 Å². The van der Waals surface area contributed by atoms with Gasteiger partial charge in [0.2, 0.25) is 5.76 Å². The quantitative estimate of drug-likeness (QED) is 0.857. The highest BCUT2D eigenvalue weighted by Gasteiger charge is 2.10. The number of H-pyrrole nitrogens is 1. The first kappa shape index (κ1) is 11.2. The predicted molar refractivity (Wildman–Crippen MR) is 63.6 cm³/mol. The van der Waals surface area contributed by atoms with Crippen LogP contribution >= 0.6 is 0 Å². The maximum absolute atomic E-state index is 11.6. The van der Waals surface area contributed by atoms with E-state index in [1.54, 1.807) is 12.1 Å². The van der Waals surface area contributed by atoms with Gasteiger partial charge in [0.15, 0.2) is 0 Å². The molecular weight excluding hydrogens is 216 g/mol. The number of nitrogens with one attached hydrogen (secondary N) is 1. The number of aryl methyl sites for hydroxylation is 2. The van der Waals surface area contributed by atoms with E-state index in [0.717, 1.165) is 11.3 Å². The Morgan fingerprint density at radius 3 is 2.82 bits per heavy atom. The molecule has 2 heterocycles. The van der Waals surface area contributed by atoms with Crippen molar-refractivity contribution < 1.29 is 4.42 Å². The zero-order valence-corrected chi connectivity index (χ0v) is 9.70. The molecule has 4 nitrogen and oxygen atoms in total. The van der Waals surface area contributed by atoms with Crippen LogP contribution in [0.2, 0.25) is 0 Å². The third-order valence-electron chi connectivity index (χ3n) is 2.68. The summed E-state index contributed by atoms with van der Waals surface area (Å²) >= 11 is 0. The lowest BCUT2D eigenvalue weighted by atomic mass is 10.1. The molecule has 0 aliphatic rings. The Morgan fingerprint density at radius 2 is 2.24 bits per heavy atom. The third-order valence-corrected chi connectivity index (χ3v) is 2.68. The molecule has 2 aromatic heterocycles. The average molecular weight is 228 g/mol. The summed E-state index contributed by atoms with van der Waals surface area (Å²) in [5.74, 6) is 0.869. The lowest BCUT2D eigenvalue weighted by Crippen LogP contribution is -2.13. The van der Waals surface area contributed by atoms with Gasteiger partial charge in [-0.1, -0.05) is 6.92 Å². The standard InChI is InChI=1S/C13H12N2O2/c1-3-9-6-11(8(2)15-13(9)16)12-5-4-10(7-14)17-12/h4-6H,3H2,1-2H3,(H,15,16). The van der Waals surface area contributed by atoms with Crippen LogP contribution in [0.4, 0.5) is 0 Å². The minimum Gasteiger partial charge on any atom is -0.446 e. The number of nitriles is 1. The molecule has 0 unspecified atom stereocenters. The van der Waals surface area contributed by atoms with Gasteiger partial charge in [-0.15, -0.1) is 0 Å². The van der Waals surface area contributed by atoms with Crippen molar-refractivity contribution in [2.45, 2.75) is 20.3 Å². The van der Waals surface area contributed by atoms with Crippen molar-refractivity contribution in [3.63, 3.8) is 0 Å². The van der Waals surface area contributed by atoms with Crippen molar-refractivity contribution in [3.05, 3.63) is 45.6 Å². The number of nitrogens with zero attached hydrogens (tertiary/aromatic N) is 1. The van der Waals surface area contributed by atoms with Crippen LogP contribution in [0.5, 0.6) is 0 Å². The number of aromatic amines is 1. The molecule has 86 valence electrons. The van der Waals surface area contributed by atoms with Gasteiger partial charge in [0.25, 0.3) is 5.56 Å². The van der Waals surface area contributed by atoms with Gasteiger partial charge in [0, 0.05) is 16.8 Å². The van der Waals surface area contributed by atoms with Gasteiger partial charge >= 0.3 is 0 Å². The summed E-state index contributed by atoms with van der Waals surface area (Å²) in [5, 5.41) is 8.71. The van der Waals surface area contributed by atoms with Crippen LogP contribution in [0.25, 0.3) is 11.3 Å². The molecule has 0 saturated carbocycles. The Hall–Kier alpha value is -2.28. The smallest absolute Gasteiger partial charge is 0.251 e. The second kappa shape index (κ2) is 4.30. The molecule has 0 aliphatic carbocycles. The predicted octanol–water partition coefficient (Wildman–Crippen LogP) is 2.38. The topological polar surface area (TPSA) is 69.8 Å². The number of rotatable bonds is 2. The molecule has 0 saturated heterocycles. The SMILES string of the molecule is CCc1cc(-c2ccc(C#N)o2)c(C)[nH]c1=O. The Labute approximate surface area is 98.5 Å². The first-order valence-electron chi connectivity index (χ1n) is 5.38. The van der Waals surface area contributed by atoms with Gasteiger partial charge in [-0.25, -0.2) is 0 Å². The lowest BCUT2D eigenvalue weighted by Gasteiger charge is -2.04. The Kier molecular flexibility index (Phi) is 2.84. The zero-order chi connectivity index (χ0) is 12.4. The van der Waals surface area contributed by atoms with E-state index in [2.05, 4.69) is 4.98 Å².